The van der Waals surface area contributed by atoms with Crippen LogP contribution in [0.1, 0.15) is 24.2 Å². The molecule has 3 atom stereocenters. The second kappa shape index (κ2) is 12.7. The maximum absolute atomic E-state index is 13.8. The molecule has 2 heterocycles. The Bertz CT molecular complexity index is 1720. The van der Waals surface area contributed by atoms with Gasteiger partial charge in [-0.25, -0.2) is 13.2 Å². The maximum Gasteiger partial charge on any atom is 0.323 e. The summed E-state index contributed by atoms with van der Waals surface area (Å²) in [7, 11) is -2.22. The van der Waals surface area contributed by atoms with Crippen molar-refractivity contribution >= 4 is 55.4 Å². The number of rotatable bonds is 8. The van der Waals surface area contributed by atoms with Crippen LogP contribution in [0.5, 0.6) is 5.75 Å². The lowest BCUT2D eigenvalue weighted by Crippen LogP contribution is -2.50. The van der Waals surface area contributed by atoms with Gasteiger partial charge in [-0.2, -0.15) is 4.31 Å². The molecule has 5 rings (SSSR count). The van der Waals surface area contributed by atoms with Crippen LogP contribution in [-0.2, 0) is 10.0 Å². The number of hydrogen-bond acceptors (Lipinski definition) is 7. The third kappa shape index (κ3) is 6.52. The molecule has 1 aliphatic heterocycles. The van der Waals surface area contributed by atoms with Crippen LogP contribution in [0.2, 0.25) is 0 Å². The Hall–Kier alpha value is -3.97. The Morgan fingerprint density at radius 3 is 2.63 bits per heavy atom. The number of ether oxygens (including phenoxy) is 1. The largest absolute Gasteiger partial charge is 0.488 e. The predicted octanol–water partition coefficient (Wildman–Crippen LogP) is 5.09. The van der Waals surface area contributed by atoms with Gasteiger partial charge in [0.05, 0.1) is 30.4 Å². The summed E-state index contributed by atoms with van der Waals surface area (Å²) in [6, 6.07) is 20.4. The molecule has 12 heteroatoms. The lowest BCUT2D eigenvalue weighted by molar-refractivity contribution is 0.0387. The number of amides is 3. The third-order valence-electron chi connectivity index (χ3n) is 7.56. The van der Waals surface area contributed by atoms with Gasteiger partial charge in [-0.15, -0.1) is 11.3 Å². The van der Waals surface area contributed by atoms with Crippen LogP contribution >= 0.6 is 11.3 Å². The van der Waals surface area contributed by atoms with Gasteiger partial charge in [0.25, 0.3) is 15.9 Å². The van der Waals surface area contributed by atoms with Crippen molar-refractivity contribution in [3.05, 3.63) is 83.7 Å². The van der Waals surface area contributed by atoms with Crippen molar-refractivity contribution < 1.29 is 27.9 Å². The molecule has 4 aromatic rings. The number of aliphatic hydroxyl groups excluding tert-OH is 1. The van der Waals surface area contributed by atoms with E-state index in [2.05, 4.69) is 10.6 Å². The van der Waals surface area contributed by atoms with Gasteiger partial charge in [-0.3, -0.25) is 4.79 Å². The summed E-state index contributed by atoms with van der Waals surface area (Å²) in [6.45, 7) is 3.66. The Morgan fingerprint density at radius 2 is 1.88 bits per heavy atom. The van der Waals surface area contributed by atoms with Crippen molar-refractivity contribution in [2.24, 2.45) is 5.92 Å². The van der Waals surface area contributed by atoms with Crippen molar-refractivity contribution in [3.8, 4) is 5.75 Å². The molecule has 3 N–H and O–H groups in total. The zero-order chi connectivity index (χ0) is 30.7. The lowest BCUT2D eigenvalue weighted by Gasteiger charge is -2.38. The standard InChI is InChI=1S/C31H34N4O6S2/c1-20-17-35(21(2)19-36)30(37)25-16-23(32-31(38)33-26-11-6-9-22-8-4-5-10-24(22)26)13-14-27(25)41-28(20)18-34(3)43(39,40)29-12-7-15-42-29/h4-16,20-21,28,36H,17-19H2,1-3H3,(H2,32,33,38)/t20-,21+,28-/m1/s1. The smallest absolute Gasteiger partial charge is 0.323 e. The predicted molar refractivity (Wildman–Crippen MR) is 168 cm³/mol. The number of benzene rings is 3. The van der Waals surface area contributed by atoms with Crippen molar-refractivity contribution in [2.75, 3.05) is 37.4 Å². The third-order valence-corrected chi connectivity index (χ3v) is 10.8. The SMILES string of the molecule is C[C@@H]1CN([C@@H](C)CO)C(=O)c2cc(NC(=O)Nc3cccc4ccccc34)ccc2O[C@@H]1CN(C)S(=O)(=O)c1cccs1. The van der Waals surface area contributed by atoms with Crippen LogP contribution < -0.4 is 15.4 Å². The Kier molecular flexibility index (Phi) is 9.02. The molecule has 0 unspecified atom stereocenters. The number of fused-ring (bicyclic) bond motifs is 2. The van der Waals surface area contributed by atoms with Gasteiger partial charge in [0.15, 0.2) is 0 Å². The van der Waals surface area contributed by atoms with Gasteiger partial charge in [0.1, 0.15) is 16.1 Å². The molecule has 0 saturated carbocycles. The highest BCUT2D eigenvalue weighted by Crippen LogP contribution is 2.32. The number of urea groups is 1. The van der Waals surface area contributed by atoms with Crippen LogP contribution in [0.3, 0.4) is 0 Å². The first-order chi connectivity index (χ1) is 20.6. The van der Waals surface area contributed by atoms with E-state index in [1.807, 2.05) is 49.4 Å². The van der Waals surface area contributed by atoms with Crippen molar-refractivity contribution in [2.45, 2.75) is 30.2 Å². The van der Waals surface area contributed by atoms with Gasteiger partial charge < -0.3 is 25.4 Å². The minimum Gasteiger partial charge on any atom is -0.488 e. The molecule has 0 bridgehead atoms. The van der Waals surface area contributed by atoms with E-state index < -0.39 is 28.2 Å². The first kappa shape index (κ1) is 30.5. The average Bonchev–Trinajstić information content (AvgIpc) is 3.55. The number of sulfonamides is 1. The van der Waals surface area contributed by atoms with E-state index in [4.69, 9.17) is 4.74 Å². The maximum atomic E-state index is 13.8. The molecule has 226 valence electrons. The average molecular weight is 623 g/mol. The number of thiophene rings is 1. The molecule has 3 aromatic carbocycles. The minimum absolute atomic E-state index is 0.0455. The van der Waals surface area contributed by atoms with Crippen molar-refractivity contribution in [3.63, 3.8) is 0 Å². The number of nitrogens with one attached hydrogen (secondary N) is 2. The number of carbonyl (C=O) groups excluding carboxylic acids is 2. The Labute approximate surface area is 254 Å². The first-order valence-corrected chi connectivity index (χ1v) is 16.2. The van der Waals surface area contributed by atoms with E-state index in [1.54, 1.807) is 41.5 Å². The molecular formula is C31H34N4O6S2. The molecule has 10 nitrogen and oxygen atoms in total. The number of hydrogen-bond donors (Lipinski definition) is 3. The van der Waals surface area contributed by atoms with Gasteiger partial charge in [-0.05, 0) is 48.0 Å². The summed E-state index contributed by atoms with van der Waals surface area (Å²) >= 11 is 1.14. The molecule has 0 aliphatic carbocycles. The summed E-state index contributed by atoms with van der Waals surface area (Å²) in [5.41, 5.74) is 1.21. The Balaban J connectivity index is 1.41. The Morgan fingerprint density at radius 1 is 1.12 bits per heavy atom. The van der Waals surface area contributed by atoms with E-state index in [9.17, 15) is 23.1 Å². The fourth-order valence-corrected chi connectivity index (χ4v) is 7.44. The summed E-state index contributed by atoms with van der Waals surface area (Å²) < 4.78 is 34.1. The monoisotopic (exact) mass is 622 g/mol. The van der Waals surface area contributed by atoms with Gasteiger partial charge >= 0.3 is 6.03 Å². The lowest BCUT2D eigenvalue weighted by atomic mass is 9.99. The molecule has 0 saturated heterocycles. The number of nitrogens with zero attached hydrogens (tertiary/aromatic N) is 2. The summed E-state index contributed by atoms with van der Waals surface area (Å²) in [6.07, 6.45) is -0.603. The normalized spacial score (nSPS) is 18.0. The molecule has 1 aromatic heterocycles. The van der Waals surface area contributed by atoms with E-state index >= 15 is 0 Å². The van der Waals surface area contributed by atoms with Gasteiger partial charge in [-0.1, -0.05) is 49.4 Å². The second-order valence-electron chi connectivity index (χ2n) is 10.7. The van der Waals surface area contributed by atoms with Crippen molar-refractivity contribution in [1.29, 1.82) is 0 Å². The van der Waals surface area contributed by atoms with Crippen LogP contribution in [0.4, 0.5) is 16.2 Å². The number of aliphatic hydroxyl groups is 1. The first-order valence-electron chi connectivity index (χ1n) is 13.9. The van der Waals surface area contributed by atoms with Crippen molar-refractivity contribution in [1.82, 2.24) is 9.21 Å². The summed E-state index contributed by atoms with van der Waals surface area (Å²) in [5.74, 6) is -0.366. The number of carbonyl (C=O) groups is 2. The van der Waals surface area contributed by atoms with Crippen LogP contribution in [-0.4, -0.2) is 73.6 Å². The van der Waals surface area contributed by atoms with Crippen LogP contribution in [0, 0.1) is 5.92 Å². The topological polar surface area (TPSA) is 128 Å². The van der Waals surface area contributed by atoms with Crippen LogP contribution in [0.15, 0.2) is 82.4 Å². The van der Waals surface area contributed by atoms with Crippen LogP contribution in [0.25, 0.3) is 10.8 Å². The molecule has 43 heavy (non-hydrogen) atoms. The summed E-state index contributed by atoms with van der Waals surface area (Å²) in [5, 5.41) is 19.2. The van der Waals surface area contributed by atoms with E-state index in [0.29, 0.717) is 11.4 Å². The van der Waals surface area contributed by atoms with E-state index in [0.717, 1.165) is 22.1 Å². The molecule has 0 radical (unpaired) electrons. The minimum atomic E-state index is -3.73. The fraction of sp³-hybridized carbons (Fsp3) is 0.290. The zero-order valence-corrected chi connectivity index (χ0v) is 25.7. The number of likely N-dealkylation sites (N-methyl/N-ethyl adjacent to an activating group) is 1. The molecule has 1 aliphatic rings. The van der Waals surface area contributed by atoms with Gasteiger partial charge in [0, 0.05) is 30.6 Å². The highest BCUT2D eigenvalue weighted by molar-refractivity contribution is 7.91. The fourth-order valence-electron chi connectivity index (χ4n) is 5.05. The van der Waals surface area contributed by atoms with Gasteiger partial charge in [0.2, 0.25) is 0 Å². The highest BCUT2D eigenvalue weighted by Gasteiger charge is 2.35. The van der Waals surface area contributed by atoms with E-state index in [-0.39, 0.29) is 47.0 Å². The molecular weight excluding hydrogens is 588 g/mol. The highest BCUT2D eigenvalue weighted by atomic mass is 32.2. The molecule has 0 fully saturated rings. The molecule has 3 amide bonds. The number of anilines is 2. The second-order valence-corrected chi connectivity index (χ2v) is 13.9. The quantitative estimate of drug-likeness (QED) is 0.251. The summed E-state index contributed by atoms with van der Waals surface area (Å²) in [4.78, 5) is 28.3. The zero-order valence-electron chi connectivity index (χ0n) is 24.1. The molecule has 0 spiro atoms. The van der Waals surface area contributed by atoms with E-state index in [1.165, 1.54) is 17.4 Å².